The highest BCUT2D eigenvalue weighted by atomic mass is 32.1. The van der Waals surface area contributed by atoms with Crippen LogP contribution in [0.2, 0.25) is 0 Å². The minimum absolute atomic E-state index is 0.0631. The predicted octanol–water partition coefficient (Wildman–Crippen LogP) is 5.45. The zero-order valence-corrected chi connectivity index (χ0v) is 17.9. The lowest BCUT2D eigenvalue weighted by Gasteiger charge is -2.09. The second-order valence-corrected chi connectivity index (χ2v) is 7.69. The second kappa shape index (κ2) is 10.5. The third-order valence-corrected chi connectivity index (χ3v) is 5.52. The van der Waals surface area contributed by atoms with Crippen LogP contribution in [0.3, 0.4) is 0 Å². The average molecular weight is 438 g/mol. The summed E-state index contributed by atoms with van der Waals surface area (Å²) < 4.78 is 5.22. The molecule has 0 saturated heterocycles. The molecule has 0 aliphatic rings. The number of nitrogens with one attached hydrogen (secondary N) is 1. The fraction of sp³-hybridized carbons (Fsp3) is 0.208. The van der Waals surface area contributed by atoms with Crippen LogP contribution in [0.1, 0.15) is 36.5 Å². The number of anilines is 1. The van der Waals surface area contributed by atoms with E-state index in [2.05, 4.69) is 5.32 Å². The molecule has 0 aliphatic heterocycles. The van der Waals surface area contributed by atoms with Gasteiger partial charge in [-0.2, -0.15) is 0 Å². The van der Waals surface area contributed by atoms with Gasteiger partial charge < -0.3 is 15.2 Å². The minimum atomic E-state index is -0.947. The fourth-order valence-corrected chi connectivity index (χ4v) is 4.10. The van der Waals surface area contributed by atoms with E-state index in [1.807, 2.05) is 60.0 Å². The van der Waals surface area contributed by atoms with Crippen molar-refractivity contribution in [3.63, 3.8) is 0 Å². The van der Waals surface area contributed by atoms with Gasteiger partial charge in [-0.15, -0.1) is 11.3 Å². The van der Waals surface area contributed by atoms with Gasteiger partial charge in [0.1, 0.15) is 10.6 Å². The summed E-state index contributed by atoms with van der Waals surface area (Å²) in [6.45, 7) is 1.94. The number of carbonyl (C=O) groups excluding carboxylic acids is 2. The Hall–Kier alpha value is -3.45. The molecule has 3 rings (SSSR count). The molecule has 0 aliphatic carbocycles. The van der Waals surface area contributed by atoms with Gasteiger partial charge >= 0.3 is 11.9 Å². The molecule has 160 valence electrons. The van der Waals surface area contributed by atoms with E-state index in [-0.39, 0.29) is 31.8 Å². The molecule has 2 aromatic carbocycles. The Kier molecular flexibility index (Phi) is 7.56. The molecule has 7 heteroatoms. The number of hydrogen-bond donors (Lipinski definition) is 2. The van der Waals surface area contributed by atoms with Gasteiger partial charge in [0, 0.05) is 23.8 Å². The van der Waals surface area contributed by atoms with Gasteiger partial charge in [0.05, 0.1) is 6.61 Å². The molecule has 1 heterocycles. The highest BCUT2D eigenvalue weighted by Gasteiger charge is 2.22. The number of amides is 1. The van der Waals surface area contributed by atoms with Gasteiger partial charge in [-0.1, -0.05) is 54.6 Å². The van der Waals surface area contributed by atoms with Crippen LogP contribution in [0, 0.1) is 0 Å². The van der Waals surface area contributed by atoms with Crippen LogP contribution in [0.25, 0.3) is 22.3 Å². The summed E-state index contributed by atoms with van der Waals surface area (Å²) in [5, 5.41) is 13.7. The third-order valence-electron chi connectivity index (χ3n) is 4.62. The van der Waals surface area contributed by atoms with Crippen LogP contribution in [0.5, 0.6) is 0 Å². The number of hydrogen-bond acceptors (Lipinski definition) is 5. The molecule has 6 nitrogen and oxygen atoms in total. The van der Waals surface area contributed by atoms with Gasteiger partial charge in [-0.05, 0) is 30.0 Å². The lowest BCUT2D eigenvalue weighted by atomic mass is 9.99. The van der Waals surface area contributed by atoms with Crippen molar-refractivity contribution in [2.24, 2.45) is 0 Å². The Labute approximate surface area is 184 Å². The maximum absolute atomic E-state index is 12.6. The number of carboxylic acid groups (broad SMARTS) is 1. The topological polar surface area (TPSA) is 92.7 Å². The minimum Gasteiger partial charge on any atom is -0.481 e. The highest BCUT2D eigenvalue weighted by Crippen LogP contribution is 2.37. The average Bonchev–Trinajstić information content (AvgIpc) is 3.18. The molecule has 0 bridgehead atoms. The van der Waals surface area contributed by atoms with Crippen molar-refractivity contribution >= 4 is 34.2 Å². The normalized spacial score (nSPS) is 10.5. The van der Waals surface area contributed by atoms with Crippen molar-refractivity contribution in [3.05, 3.63) is 65.5 Å². The number of esters is 1. The Balaban J connectivity index is 1.85. The summed E-state index contributed by atoms with van der Waals surface area (Å²) in [6.07, 6.45) is 0.213. The molecule has 1 amide bonds. The molecule has 2 N–H and O–H groups in total. The smallest absolute Gasteiger partial charge is 0.341 e. The van der Waals surface area contributed by atoms with Crippen LogP contribution in [-0.4, -0.2) is 29.6 Å². The summed E-state index contributed by atoms with van der Waals surface area (Å²) in [7, 11) is 0. The van der Waals surface area contributed by atoms with Crippen molar-refractivity contribution in [2.45, 2.75) is 26.2 Å². The summed E-state index contributed by atoms with van der Waals surface area (Å²) in [4.78, 5) is 35.5. The van der Waals surface area contributed by atoms with Crippen molar-refractivity contribution in [1.82, 2.24) is 0 Å². The van der Waals surface area contributed by atoms with E-state index in [0.717, 1.165) is 16.7 Å². The number of aliphatic carboxylic acids is 1. The molecule has 1 aromatic heterocycles. The maximum Gasteiger partial charge on any atom is 0.341 e. The zero-order valence-electron chi connectivity index (χ0n) is 17.1. The molecule has 0 saturated carbocycles. The van der Waals surface area contributed by atoms with Crippen molar-refractivity contribution in [3.8, 4) is 22.3 Å². The zero-order chi connectivity index (χ0) is 22.2. The molecule has 0 unspecified atom stereocenters. The van der Waals surface area contributed by atoms with Crippen molar-refractivity contribution in [2.75, 3.05) is 11.9 Å². The predicted molar refractivity (Wildman–Crippen MR) is 121 cm³/mol. The Morgan fingerprint density at radius 3 is 2.23 bits per heavy atom. The molecule has 31 heavy (non-hydrogen) atoms. The van der Waals surface area contributed by atoms with E-state index in [1.54, 1.807) is 6.92 Å². The summed E-state index contributed by atoms with van der Waals surface area (Å²) >= 11 is 1.24. The largest absolute Gasteiger partial charge is 0.481 e. The van der Waals surface area contributed by atoms with E-state index in [0.29, 0.717) is 16.1 Å². The third kappa shape index (κ3) is 5.79. The van der Waals surface area contributed by atoms with Gasteiger partial charge in [-0.25, -0.2) is 4.79 Å². The lowest BCUT2D eigenvalue weighted by molar-refractivity contribution is -0.137. The number of ether oxygens (including phenoxy) is 1. The summed E-state index contributed by atoms with van der Waals surface area (Å²) in [5.41, 5.74) is 3.99. The first kappa shape index (κ1) is 22.2. The van der Waals surface area contributed by atoms with Crippen LogP contribution < -0.4 is 5.32 Å². The Bertz CT molecular complexity index is 1060. The number of benzene rings is 2. The van der Waals surface area contributed by atoms with Crippen LogP contribution >= 0.6 is 11.3 Å². The maximum atomic E-state index is 12.6. The molecule has 0 atom stereocenters. The first-order valence-electron chi connectivity index (χ1n) is 9.95. The van der Waals surface area contributed by atoms with Crippen molar-refractivity contribution in [1.29, 1.82) is 0 Å². The molecule has 0 fully saturated rings. The van der Waals surface area contributed by atoms with E-state index >= 15 is 0 Å². The quantitative estimate of drug-likeness (QED) is 0.434. The number of thiophene rings is 1. The molecular weight excluding hydrogens is 414 g/mol. The van der Waals surface area contributed by atoms with Gasteiger partial charge in [-0.3, -0.25) is 9.59 Å². The standard InChI is InChI=1S/C24H23NO5S/c1-2-30-24(29)22-19(15-31-23(22)25-20(26)9-6-10-21(27)28)18-13-11-17(12-14-18)16-7-4-3-5-8-16/h3-5,7-8,11-15H,2,6,9-10H2,1H3,(H,25,26)(H,27,28). The Morgan fingerprint density at radius 1 is 0.935 bits per heavy atom. The van der Waals surface area contributed by atoms with E-state index in [4.69, 9.17) is 9.84 Å². The summed E-state index contributed by atoms with van der Waals surface area (Å²) in [6, 6.07) is 17.8. The van der Waals surface area contributed by atoms with Crippen LogP contribution in [0.15, 0.2) is 60.0 Å². The lowest BCUT2D eigenvalue weighted by Crippen LogP contribution is -2.14. The second-order valence-electron chi connectivity index (χ2n) is 6.81. The highest BCUT2D eigenvalue weighted by molar-refractivity contribution is 7.15. The first-order chi connectivity index (χ1) is 15.0. The van der Waals surface area contributed by atoms with Gasteiger partial charge in [0.15, 0.2) is 0 Å². The van der Waals surface area contributed by atoms with Crippen LogP contribution in [-0.2, 0) is 14.3 Å². The monoisotopic (exact) mass is 437 g/mol. The SMILES string of the molecule is CCOC(=O)c1c(-c2ccc(-c3ccccc3)cc2)csc1NC(=O)CCCC(=O)O. The fourth-order valence-electron chi connectivity index (χ4n) is 3.13. The number of carboxylic acids is 1. The van der Waals surface area contributed by atoms with Gasteiger partial charge in [0.2, 0.25) is 5.91 Å². The molecule has 0 radical (unpaired) electrons. The number of rotatable bonds is 9. The van der Waals surface area contributed by atoms with Crippen LogP contribution in [0.4, 0.5) is 5.00 Å². The molecular formula is C24H23NO5S. The van der Waals surface area contributed by atoms with E-state index in [9.17, 15) is 14.4 Å². The summed E-state index contributed by atoms with van der Waals surface area (Å²) in [5.74, 6) is -1.79. The number of carbonyl (C=O) groups is 3. The van der Waals surface area contributed by atoms with E-state index in [1.165, 1.54) is 11.3 Å². The van der Waals surface area contributed by atoms with Gasteiger partial charge in [0.25, 0.3) is 0 Å². The molecule has 0 spiro atoms. The van der Waals surface area contributed by atoms with E-state index < -0.39 is 11.9 Å². The Morgan fingerprint density at radius 2 is 1.58 bits per heavy atom. The first-order valence-corrected chi connectivity index (χ1v) is 10.8. The molecule has 3 aromatic rings. The van der Waals surface area contributed by atoms with Crippen molar-refractivity contribution < 1.29 is 24.2 Å².